The van der Waals surface area contributed by atoms with E-state index in [1.54, 1.807) is 11.8 Å². The quantitative estimate of drug-likeness (QED) is 0.755. The van der Waals surface area contributed by atoms with Gasteiger partial charge in [-0.3, -0.25) is 0 Å². The molecule has 2 aromatic rings. The van der Waals surface area contributed by atoms with E-state index in [-0.39, 0.29) is 11.9 Å². The fraction of sp³-hybridized carbons (Fsp3) is 0.333. The number of ether oxygens (including phenoxy) is 1. The van der Waals surface area contributed by atoms with Crippen molar-refractivity contribution in [3.05, 3.63) is 52.0 Å². The summed E-state index contributed by atoms with van der Waals surface area (Å²) < 4.78 is 5.19. The van der Waals surface area contributed by atoms with Gasteiger partial charge in [-0.2, -0.15) is 11.8 Å². The van der Waals surface area contributed by atoms with Gasteiger partial charge in [0.15, 0.2) is 0 Å². The van der Waals surface area contributed by atoms with Crippen LogP contribution in [0.15, 0.2) is 35.7 Å². The number of benzene rings is 1. The lowest BCUT2D eigenvalue weighted by Gasteiger charge is -2.13. The summed E-state index contributed by atoms with van der Waals surface area (Å²) in [6, 6.07) is 9.59. The molecule has 2 rings (SSSR count). The molecule has 0 bridgehead atoms. The topological polar surface area (TPSA) is 51.2 Å². The number of halogens is 1. The lowest BCUT2D eigenvalue weighted by Crippen LogP contribution is -2.28. The van der Waals surface area contributed by atoms with Crippen molar-refractivity contribution in [3.63, 3.8) is 0 Å². The van der Waals surface area contributed by atoms with Gasteiger partial charge < -0.3 is 10.1 Å². The minimum Gasteiger partial charge on any atom is -0.445 e. The number of amides is 1. The second kappa shape index (κ2) is 9.02. The SMILES string of the molecule is CSC(CNC(=O)OCc1ccccc1)c1csc(CCl)n1. The third-order valence-electron chi connectivity index (χ3n) is 2.94. The number of nitrogens with zero attached hydrogens (tertiary/aromatic N) is 1. The fourth-order valence-corrected chi connectivity index (χ4v) is 3.44. The van der Waals surface area contributed by atoms with Gasteiger partial charge in [-0.1, -0.05) is 30.3 Å². The van der Waals surface area contributed by atoms with Crippen molar-refractivity contribution in [3.8, 4) is 0 Å². The van der Waals surface area contributed by atoms with Gasteiger partial charge in [0.05, 0.1) is 16.8 Å². The van der Waals surface area contributed by atoms with Crippen LogP contribution in [0.4, 0.5) is 4.79 Å². The summed E-state index contributed by atoms with van der Waals surface area (Å²) in [5.41, 5.74) is 1.90. The van der Waals surface area contributed by atoms with Crippen LogP contribution in [0.3, 0.4) is 0 Å². The molecule has 118 valence electrons. The molecule has 1 amide bonds. The van der Waals surface area contributed by atoms with Crippen molar-refractivity contribution in [2.45, 2.75) is 17.7 Å². The van der Waals surface area contributed by atoms with Crippen molar-refractivity contribution in [2.75, 3.05) is 12.8 Å². The Kier molecular flexibility index (Phi) is 7.02. The number of nitrogens with one attached hydrogen (secondary N) is 1. The van der Waals surface area contributed by atoms with Crippen molar-refractivity contribution >= 4 is 40.8 Å². The average Bonchev–Trinajstić information content (AvgIpc) is 3.03. The standard InChI is InChI=1S/C15H17ClN2O2S2/c1-21-13(12-10-22-14(7-16)18-12)8-17-15(19)20-9-11-5-3-2-4-6-11/h2-6,10,13H,7-9H2,1H3,(H,17,19). The van der Waals surface area contributed by atoms with E-state index in [2.05, 4.69) is 10.3 Å². The molecular formula is C15H17ClN2O2S2. The Morgan fingerprint density at radius 1 is 1.45 bits per heavy atom. The number of carbonyl (C=O) groups is 1. The number of aromatic nitrogens is 1. The summed E-state index contributed by atoms with van der Waals surface area (Å²) in [6.07, 6.45) is 1.57. The molecule has 1 atom stereocenters. The number of hydrogen-bond acceptors (Lipinski definition) is 5. The van der Waals surface area contributed by atoms with Gasteiger partial charge in [-0.05, 0) is 11.8 Å². The van der Waals surface area contributed by atoms with Crippen molar-refractivity contribution in [1.29, 1.82) is 0 Å². The number of alkyl halides is 1. The van der Waals surface area contributed by atoms with E-state index in [4.69, 9.17) is 16.3 Å². The van der Waals surface area contributed by atoms with E-state index in [0.717, 1.165) is 16.3 Å². The van der Waals surface area contributed by atoms with Gasteiger partial charge in [-0.25, -0.2) is 9.78 Å². The number of hydrogen-bond donors (Lipinski definition) is 1. The van der Waals surface area contributed by atoms with E-state index in [1.807, 2.05) is 42.0 Å². The summed E-state index contributed by atoms with van der Waals surface area (Å²) in [7, 11) is 0. The molecule has 0 saturated heterocycles. The van der Waals surface area contributed by atoms with Gasteiger partial charge in [0.1, 0.15) is 11.6 Å². The largest absolute Gasteiger partial charge is 0.445 e. The van der Waals surface area contributed by atoms with Crippen LogP contribution < -0.4 is 5.32 Å². The highest BCUT2D eigenvalue weighted by molar-refractivity contribution is 7.98. The molecular weight excluding hydrogens is 340 g/mol. The van der Waals surface area contributed by atoms with Crippen LogP contribution in [0.2, 0.25) is 0 Å². The Balaban J connectivity index is 1.78. The van der Waals surface area contributed by atoms with Crippen LogP contribution in [0.5, 0.6) is 0 Å². The highest BCUT2D eigenvalue weighted by atomic mass is 35.5. The first kappa shape index (κ1) is 17.1. The Labute approximate surface area is 143 Å². The molecule has 7 heteroatoms. The summed E-state index contributed by atoms with van der Waals surface area (Å²) in [5, 5.41) is 5.75. The van der Waals surface area contributed by atoms with E-state index >= 15 is 0 Å². The summed E-state index contributed by atoms with van der Waals surface area (Å²) in [5.74, 6) is 0.415. The van der Waals surface area contributed by atoms with Gasteiger partial charge in [0.25, 0.3) is 0 Å². The third-order valence-corrected chi connectivity index (χ3v) is 5.20. The molecule has 1 aromatic carbocycles. The first-order valence-corrected chi connectivity index (χ1v) is 9.40. The van der Waals surface area contributed by atoms with Gasteiger partial charge >= 0.3 is 6.09 Å². The van der Waals surface area contributed by atoms with E-state index in [9.17, 15) is 4.79 Å². The smallest absolute Gasteiger partial charge is 0.407 e. The van der Waals surface area contributed by atoms with Gasteiger partial charge in [0.2, 0.25) is 0 Å². The zero-order chi connectivity index (χ0) is 15.8. The highest BCUT2D eigenvalue weighted by Gasteiger charge is 2.15. The van der Waals surface area contributed by atoms with E-state index < -0.39 is 6.09 Å². The van der Waals surface area contributed by atoms with E-state index in [0.29, 0.717) is 12.4 Å². The maximum atomic E-state index is 11.7. The maximum Gasteiger partial charge on any atom is 0.407 e. The lowest BCUT2D eigenvalue weighted by molar-refractivity contribution is 0.139. The monoisotopic (exact) mass is 356 g/mol. The molecule has 0 radical (unpaired) electrons. The predicted molar refractivity (Wildman–Crippen MR) is 92.6 cm³/mol. The molecule has 0 fully saturated rings. The number of rotatable bonds is 7. The number of thioether (sulfide) groups is 1. The molecule has 0 aliphatic rings. The molecule has 1 N–H and O–H groups in total. The number of alkyl carbamates (subject to hydrolysis) is 1. The third kappa shape index (κ3) is 5.19. The molecule has 0 saturated carbocycles. The summed E-state index contributed by atoms with van der Waals surface area (Å²) >= 11 is 8.94. The Morgan fingerprint density at radius 2 is 2.23 bits per heavy atom. The van der Waals surface area contributed by atoms with Crippen molar-refractivity contribution in [1.82, 2.24) is 10.3 Å². The van der Waals surface area contributed by atoms with Crippen LogP contribution in [0.25, 0.3) is 0 Å². The maximum absolute atomic E-state index is 11.7. The summed E-state index contributed by atoms with van der Waals surface area (Å²) in [4.78, 5) is 16.2. The van der Waals surface area contributed by atoms with E-state index in [1.165, 1.54) is 11.3 Å². The Hall–Kier alpha value is -1.24. The zero-order valence-corrected chi connectivity index (χ0v) is 14.5. The van der Waals surface area contributed by atoms with Crippen LogP contribution in [-0.4, -0.2) is 23.9 Å². The molecule has 4 nitrogen and oxygen atoms in total. The van der Waals surface area contributed by atoms with Crippen LogP contribution in [0, 0.1) is 0 Å². The van der Waals surface area contributed by atoms with Crippen molar-refractivity contribution in [2.24, 2.45) is 0 Å². The molecule has 0 aliphatic carbocycles. The van der Waals surface area contributed by atoms with Crippen molar-refractivity contribution < 1.29 is 9.53 Å². The van der Waals surface area contributed by atoms with Crippen LogP contribution in [-0.2, 0) is 17.2 Å². The number of carbonyl (C=O) groups excluding carboxylic acids is 1. The summed E-state index contributed by atoms with van der Waals surface area (Å²) in [6.45, 7) is 0.740. The first-order valence-electron chi connectivity index (χ1n) is 6.70. The minimum atomic E-state index is -0.421. The fourth-order valence-electron chi connectivity index (χ4n) is 1.79. The minimum absolute atomic E-state index is 0.0949. The zero-order valence-electron chi connectivity index (χ0n) is 12.1. The van der Waals surface area contributed by atoms with Crippen LogP contribution in [0.1, 0.15) is 21.5 Å². The second-order valence-electron chi connectivity index (χ2n) is 4.47. The van der Waals surface area contributed by atoms with Gasteiger partial charge in [-0.15, -0.1) is 22.9 Å². The predicted octanol–water partition coefficient (Wildman–Crippen LogP) is 4.21. The first-order chi connectivity index (χ1) is 10.7. The normalized spacial score (nSPS) is 11.9. The van der Waals surface area contributed by atoms with Gasteiger partial charge in [0, 0.05) is 11.9 Å². The molecule has 1 heterocycles. The highest BCUT2D eigenvalue weighted by Crippen LogP contribution is 2.27. The number of thiazole rings is 1. The van der Waals surface area contributed by atoms with Crippen LogP contribution >= 0.6 is 34.7 Å². The molecule has 0 spiro atoms. The molecule has 1 aromatic heterocycles. The molecule has 0 aliphatic heterocycles. The Morgan fingerprint density at radius 3 is 2.86 bits per heavy atom. The molecule has 1 unspecified atom stereocenters. The lowest BCUT2D eigenvalue weighted by atomic mass is 10.2. The second-order valence-corrected chi connectivity index (χ2v) is 6.72. The average molecular weight is 357 g/mol. The molecule has 22 heavy (non-hydrogen) atoms. The Bertz CT molecular complexity index is 592.